The van der Waals surface area contributed by atoms with Gasteiger partial charge in [-0.3, -0.25) is 9.59 Å². The van der Waals surface area contributed by atoms with Crippen molar-refractivity contribution in [1.29, 1.82) is 0 Å². The van der Waals surface area contributed by atoms with Gasteiger partial charge in [-0.15, -0.1) is 0 Å². The van der Waals surface area contributed by atoms with Gasteiger partial charge in [0.15, 0.2) is 0 Å². The Balaban J connectivity index is 1.79. The monoisotopic (exact) mass is 399 g/mol. The standard InChI is InChI=1S/C23H29NO5/c1-17(2)19-8-4-6-10-21(19)29-16-15-28-20-9-5-3-7-18(20)13-14-24-22(25)11-12-23(26)27/h3-10,17H,11-16H2,1-2H3,(H,24,25)(H,26,27). The van der Waals surface area contributed by atoms with Crippen LogP contribution in [0.3, 0.4) is 0 Å². The quantitative estimate of drug-likeness (QED) is 0.531. The average molecular weight is 399 g/mol. The third kappa shape index (κ3) is 7.86. The lowest BCUT2D eigenvalue weighted by Gasteiger charge is -2.15. The zero-order valence-electron chi connectivity index (χ0n) is 17.0. The van der Waals surface area contributed by atoms with Gasteiger partial charge in [0.05, 0.1) is 6.42 Å². The highest BCUT2D eigenvalue weighted by molar-refractivity contribution is 5.80. The first-order valence-electron chi connectivity index (χ1n) is 9.88. The number of carboxylic acids is 1. The van der Waals surface area contributed by atoms with Crippen LogP contribution in [0.15, 0.2) is 48.5 Å². The fourth-order valence-corrected chi connectivity index (χ4v) is 2.89. The molecule has 0 aliphatic heterocycles. The third-order valence-corrected chi connectivity index (χ3v) is 4.39. The molecular weight excluding hydrogens is 370 g/mol. The fraction of sp³-hybridized carbons (Fsp3) is 0.391. The summed E-state index contributed by atoms with van der Waals surface area (Å²) in [4.78, 5) is 22.1. The van der Waals surface area contributed by atoms with Gasteiger partial charge in [0.25, 0.3) is 0 Å². The molecule has 0 radical (unpaired) electrons. The van der Waals surface area contributed by atoms with E-state index in [0.29, 0.717) is 32.1 Å². The van der Waals surface area contributed by atoms with E-state index >= 15 is 0 Å². The summed E-state index contributed by atoms with van der Waals surface area (Å²) in [7, 11) is 0. The normalized spacial score (nSPS) is 10.6. The highest BCUT2D eigenvalue weighted by Gasteiger charge is 2.08. The van der Waals surface area contributed by atoms with Crippen LogP contribution in [0.2, 0.25) is 0 Å². The number of benzene rings is 2. The number of nitrogens with one attached hydrogen (secondary N) is 1. The summed E-state index contributed by atoms with van der Waals surface area (Å²) in [6.07, 6.45) is 0.431. The van der Waals surface area contributed by atoms with Crippen LogP contribution >= 0.6 is 0 Å². The molecule has 1 amide bonds. The van der Waals surface area contributed by atoms with Gasteiger partial charge in [-0.25, -0.2) is 0 Å². The molecular formula is C23H29NO5. The van der Waals surface area contributed by atoms with E-state index in [-0.39, 0.29) is 18.7 Å². The largest absolute Gasteiger partial charge is 0.490 e. The molecule has 0 saturated heterocycles. The predicted octanol–water partition coefficient (Wildman–Crippen LogP) is 3.79. The molecule has 0 heterocycles. The van der Waals surface area contributed by atoms with Gasteiger partial charge >= 0.3 is 5.97 Å². The first-order chi connectivity index (χ1) is 14.0. The Labute approximate surface area is 171 Å². The number of carbonyl (C=O) groups is 2. The maximum absolute atomic E-state index is 11.6. The van der Waals surface area contributed by atoms with Crippen LogP contribution < -0.4 is 14.8 Å². The number of hydrogen-bond acceptors (Lipinski definition) is 4. The van der Waals surface area contributed by atoms with E-state index in [0.717, 1.165) is 17.1 Å². The summed E-state index contributed by atoms with van der Waals surface area (Å²) >= 11 is 0. The summed E-state index contributed by atoms with van der Waals surface area (Å²) in [5.41, 5.74) is 2.15. The van der Waals surface area contributed by atoms with Crippen molar-refractivity contribution < 1.29 is 24.2 Å². The molecule has 0 aliphatic carbocycles. The second-order valence-corrected chi connectivity index (χ2v) is 6.99. The molecule has 29 heavy (non-hydrogen) atoms. The molecule has 2 aromatic rings. The molecule has 2 aromatic carbocycles. The van der Waals surface area contributed by atoms with Gasteiger partial charge in [0.2, 0.25) is 5.91 Å². The van der Waals surface area contributed by atoms with Crippen LogP contribution in [0.4, 0.5) is 0 Å². The molecule has 0 spiro atoms. The predicted molar refractivity (Wildman–Crippen MR) is 112 cm³/mol. The number of rotatable bonds is 12. The minimum atomic E-state index is -0.975. The average Bonchev–Trinajstić information content (AvgIpc) is 2.71. The highest BCUT2D eigenvalue weighted by Crippen LogP contribution is 2.26. The lowest BCUT2D eigenvalue weighted by molar-refractivity contribution is -0.138. The van der Waals surface area contributed by atoms with E-state index in [1.807, 2.05) is 42.5 Å². The van der Waals surface area contributed by atoms with Crippen molar-refractivity contribution in [3.05, 3.63) is 59.7 Å². The Kier molecular flexibility index (Phi) is 9.02. The molecule has 0 fully saturated rings. The molecule has 6 nitrogen and oxygen atoms in total. The van der Waals surface area contributed by atoms with E-state index in [9.17, 15) is 9.59 Å². The van der Waals surface area contributed by atoms with Gasteiger partial charge in [-0.1, -0.05) is 50.2 Å². The zero-order valence-corrected chi connectivity index (χ0v) is 17.0. The summed E-state index contributed by atoms with van der Waals surface area (Å²) in [6, 6.07) is 15.7. The second-order valence-electron chi connectivity index (χ2n) is 6.99. The minimum Gasteiger partial charge on any atom is -0.490 e. The van der Waals surface area contributed by atoms with Crippen LogP contribution in [0.25, 0.3) is 0 Å². The van der Waals surface area contributed by atoms with Crippen LogP contribution in [-0.4, -0.2) is 36.7 Å². The summed E-state index contributed by atoms with van der Waals surface area (Å²) in [5.74, 6) is 0.787. The molecule has 6 heteroatoms. The first-order valence-corrected chi connectivity index (χ1v) is 9.88. The Hall–Kier alpha value is -3.02. The first kappa shape index (κ1) is 22.3. The lowest BCUT2D eigenvalue weighted by Crippen LogP contribution is -2.26. The molecule has 0 atom stereocenters. The maximum atomic E-state index is 11.6. The van der Waals surface area contributed by atoms with Crippen molar-refractivity contribution in [1.82, 2.24) is 5.32 Å². The Morgan fingerprint density at radius 3 is 2.24 bits per heavy atom. The van der Waals surface area contributed by atoms with Crippen molar-refractivity contribution in [3.63, 3.8) is 0 Å². The molecule has 0 aliphatic rings. The van der Waals surface area contributed by atoms with Crippen LogP contribution in [0.5, 0.6) is 11.5 Å². The summed E-state index contributed by atoms with van der Waals surface area (Å²) in [5, 5.41) is 11.3. The summed E-state index contributed by atoms with van der Waals surface area (Å²) in [6.45, 7) is 5.54. The Morgan fingerprint density at radius 1 is 0.931 bits per heavy atom. The fourth-order valence-electron chi connectivity index (χ4n) is 2.89. The smallest absolute Gasteiger partial charge is 0.303 e. The molecule has 2 N–H and O–H groups in total. The van der Waals surface area contributed by atoms with E-state index in [1.165, 1.54) is 5.56 Å². The third-order valence-electron chi connectivity index (χ3n) is 4.39. The van der Waals surface area contributed by atoms with Crippen molar-refractivity contribution in [2.45, 2.75) is 39.0 Å². The molecule has 0 unspecified atom stereocenters. The number of ether oxygens (including phenoxy) is 2. The van der Waals surface area contributed by atoms with E-state index in [2.05, 4.69) is 25.2 Å². The molecule has 0 aromatic heterocycles. The van der Waals surface area contributed by atoms with Gasteiger partial charge < -0.3 is 19.9 Å². The second kappa shape index (κ2) is 11.7. The van der Waals surface area contributed by atoms with Gasteiger partial charge in [0, 0.05) is 13.0 Å². The molecule has 2 rings (SSSR count). The van der Waals surface area contributed by atoms with Crippen molar-refractivity contribution in [2.75, 3.05) is 19.8 Å². The molecule has 156 valence electrons. The molecule has 0 bridgehead atoms. The number of hydrogen-bond donors (Lipinski definition) is 2. The van der Waals surface area contributed by atoms with Crippen LogP contribution in [0, 0.1) is 0 Å². The van der Waals surface area contributed by atoms with Crippen LogP contribution in [0.1, 0.15) is 43.7 Å². The molecule has 0 saturated carbocycles. The number of carbonyl (C=O) groups excluding carboxylic acids is 1. The minimum absolute atomic E-state index is 0.0112. The van der Waals surface area contributed by atoms with Gasteiger partial charge in [-0.2, -0.15) is 0 Å². The number of amides is 1. The zero-order chi connectivity index (χ0) is 21.1. The Bertz CT molecular complexity index is 803. The maximum Gasteiger partial charge on any atom is 0.303 e. The van der Waals surface area contributed by atoms with Crippen LogP contribution in [-0.2, 0) is 16.0 Å². The van der Waals surface area contributed by atoms with E-state index in [1.54, 1.807) is 0 Å². The van der Waals surface area contributed by atoms with Gasteiger partial charge in [0.1, 0.15) is 24.7 Å². The van der Waals surface area contributed by atoms with E-state index in [4.69, 9.17) is 14.6 Å². The lowest BCUT2D eigenvalue weighted by atomic mass is 10.0. The van der Waals surface area contributed by atoms with Gasteiger partial charge in [-0.05, 0) is 35.6 Å². The summed E-state index contributed by atoms with van der Waals surface area (Å²) < 4.78 is 11.8. The van der Waals surface area contributed by atoms with Crippen molar-refractivity contribution in [2.24, 2.45) is 0 Å². The Morgan fingerprint density at radius 2 is 1.55 bits per heavy atom. The van der Waals surface area contributed by atoms with Crippen molar-refractivity contribution in [3.8, 4) is 11.5 Å². The van der Waals surface area contributed by atoms with Crippen molar-refractivity contribution >= 4 is 11.9 Å². The topological polar surface area (TPSA) is 84.9 Å². The highest BCUT2D eigenvalue weighted by atomic mass is 16.5. The SMILES string of the molecule is CC(C)c1ccccc1OCCOc1ccccc1CCNC(=O)CCC(=O)O. The number of carboxylic acid groups (broad SMARTS) is 1. The number of aliphatic carboxylic acids is 1. The van der Waals surface area contributed by atoms with E-state index < -0.39 is 5.97 Å². The number of para-hydroxylation sites is 2.